The summed E-state index contributed by atoms with van der Waals surface area (Å²) in [6.07, 6.45) is 10.7. The van der Waals surface area contributed by atoms with Crippen molar-refractivity contribution in [2.24, 2.45) is 0 Å². The fraction of sp³-hybridized carbons (Fsp3) is 0.562. The summed E-state index contributed by atoms with van der Waals surface area (Å²) in [6.45, 7) is 0. The summed E-state index contributed by atoms with van der Waals surface area (Å²) < 4.78 is 1.99. The van der Waals surface area contributed by atoms with Gasteiger partial charge in [-0.25, -0.2) is 4.98 Å². The summed E-state index contributed by atoms with van der Waals surface area (Å²) in [7, 11) is 0. The van der Waals surface area contributed by atoms with Crippen molar-refractivity contribution in [3.05, 3.63) is 34.5 Å². The van der Waals surface area contributed by atoms with Crippen molar-refractivity contribution in [2.45, 2.75) is 56.5 Å². The number of nitrogens with zero attached hydrogens (tertiary/aromatic N) is 3. The molecule has 1 amide bonds. The predicted octanol–water partition coefficient (Wildman–Crippen LogP) is 3.13. The third-order valence-electron chi connectivity index (χ3n) is 4.59. The maximum atomic E-state index is 12.5. The van der Waals surface area contributed by atoms with E-state index in [0.29, 0.717) is 11.6 Å². The van der Waals surface area contributed by atoms with E-state index in [2.05, 4.69) is 15.4 Å². The summed E-state index contributed by atoms with van der Waals surface area (Å²) >= 11 is 1.62. The molecule has 2 atom stereocenters. The van der Waals surface area contributed by atoms with Crippen LogP contribution in [0.5, 0.6) is 0 Å². The zero-order valence-corrected chi connectivity index (χ0v) is 13.3. The molecule has 2 heterocycles. The molecule has 2 saturated carbocycles. The third-order valence-corrected chi connectivity index (χ3v) is 5.60. The maximum Gasteiger partial charge on any atom is 0.271 e. The van der Waals surface area contributed by atoms with Crippen LogP contribution in [-0.2, 0) is 0 Å². The number of hydrogen-bond acceptors (Lipinski definition) is 4. The van der Waals surface area contributed by atoms with Crippen molar-refractivity contribution < 1.29 is 4.79 Å². The summed E-state index contributed by atoms with van der Waals surface area (Å²) in [5.41, 5.74) is 0.580. The quantitative estimate of drug-likeness (QED) is 0.942. The van der Waals surface area contributed by atoms with Gasteiger partial charge in [0.15, 0.2) is 0 Å². The minimum atomic E-state index is -0.0350. The smallest absolute Gasteiger partial charge is 0.271 e. The van der Waals surface area contributed by atoms with Gasteiger partial charge in [0.25, 0.3) is 5.91 Å². The number of amides is 1. The van der Waals surface area contributed by atoms with Gasteiger partial charge in [-0.15, -0.1) is 11.3 Å². The average Bonchev–Trinajstić information content (AvgIpc) is 3.05. The molecule has 0 bridgehead atoms. The third kappa shape index (κ3) is 2.79. The lowest BCUT2D eigenvalue weighted by Crippen LogP contribution is -2.43. The zero-order chi connectivity index (χ0) is 14.9. The van der Waals surface area contributed by atoms with E-state index in [0.717, 1.165) is 24.3 Å². The monoisotopic (exact) mass is 316 g/mol. The average molecular weight is 316 g/mol. The molecule has 2 aliphatic carbocycles. The SMILES string of the molecule is O=C(NC1CCCCC1n1cccn1)c1csc(C2CC2)n1. The first-order chi connectivity index (χ1) is 10.8. The first-order valence-corrected chi connectivity index (χ1v) is 8.94. The Balaban J connectivity index is 1.46. The Morgan fingerprint density at radius 3 is 2.91 bits per heavy atom. The van der Waals surface area contributed by atoms with Crippen LogP contribution in [-0.4, -0.2) is 26.7 Å². The van der Waals surface area contributed by atoms with Gasteiger partial charge in [0.2, 0.25) is 0 Å². The number of carbonyl (C=O) groups excluding carboxylic acids is 1. The molecule has 2 aliphatic rings. The number of thiazole rings is 1. The minimum Gasteiger partial charge on any atom is -0.346 e. The lowest BCUT2D eigenvalue weighted by molar-refractivity contribution is 0.0900. The van der Waals surface area contributed by atoms with Crippen LogP contribution in [0.25, 0.3) is 0 Å². The van der Waals surface area contributed by atoms with E-state index in [1.165, 1.54) is 19.3 Å². The van der Waals surface area contributed by atoms with Crippen molar-refractivity contribution in [3.63, 3.8) is 0 Å². The molecule has 22 heavy (non-hydrogen) atoms. The van der Waals surface area contributed by atoms with Crippen LogP contribution in [0.4, 0.5) is 0 Å². The molecule has 116 valence electrons. The second-order valence-corrected chi connectivity index (χ2v) is 7.15. The van der Waals surface area contributed by atoms with Gasteiger partial charge in [0.1, 0.15) is 5.69 Å². The first-order valence-electron chi connectivity index (χ1n) is 8.06. The summed E-state index contributed by atoms with van der Waals surface area (Å²) in [5, 5.41) is 10.6. The Morgan fingerprint density at radius 1 is 1.27 bits per heavy atom. The van der Waals surface area contributed by atoms with Crippen LogP contribution in [0.1, 0.15) is 66.0 Å². The molecule has 0 saturated heterocycles. The molecule has 5 nitrogen and oxygen atoms in total. The van der Waals surface area contributed by atoms with Crippen molar-refractivity contribution in [2.75, 3.05) is 0 Å². The van der Waals surface area contributed by atoms with Crippen molar-refractivity contribution in [1.82, 2.24) is 20.1 Å². The van der Waals surface area contributed by atoms with E-state index in [4.69, 9.17) is 0 Å². The zero-order valence-electron chi connectivity index (χ0n) is 12.4. The molecule has 2 aromatic rings. The van der Waals surface area contributed by atoms with Crippen molar-refractivity contribution in [1.29, 1.82) is 0 Å². The standard InChI is InChI=1S/C16H20N4OS/c21-15(13-10-22-16(19-13)11-6-7-11)18-12-4-1-2-5-14(12)20-9-3-8-17-20/h3,8-12,14H,1-2,4-7H2,(H,18,21). The van der Waals surface area contributed by atoms with E-state index in [1.807, 2.05) is 22.3 Å². The molecule has 0 aliphatic heterocycles. The van der Waals surface area contributed by atoms with Gasteiger partial charge in [-0.2, -0.15) is 5.10 Å². The Bertz CT molecular complexity index is 647. The highest BCUT2D eigenvalue weighted by molar-refractivity contribution is 7.10. The highest BCUT2D eigenvalue weighted by Gasteiger charge is 2.30. The first kappa shape index (κ1) is 13.9. The fourth-order valence-electron chi connectivity index (χ4n) is 3.23. The second-order valence-electron chi connectivity index (χ2n) is 6.26. The van der Waals surface area contributed by atoms with Crippen LogP contribution < -0.4 is 5.32 Å². The number of rotatable bonds is 4. The van der Waals surface area contributed by atoms with Gasteiger partial charge in [-0.1, -0.05) is 12.8 Å². The van der Waals surface area contributed by atoms with E-state index < -0.39 is 0 Å². The molecule has 0 aromatic carbocycles. The van der Waals surface area contributed by atoms with Crippen molar-refractivity contribution in [3.8, 4) is 0 Å². The van der Waals surface area contributed by atoms with E-state index in [-0.39, 0.29) is 18.0 Å². The predicted molar refractivity (Wildman–Crippen MR) is 85.1 cm³/mol. The summed E-state index contributed by atoms with van der Waals surface area (Å²) in [5.74, 6) is 0.574. The van der Waals surface area contributed by atoms with Crippen molar-refractivity contribution >= 4 is 17.2 Å². The molecule has 2 aromatic heterocycles. The fourth-order valence-corrected chi connectivity index (χ4v) is 4.20. The Morgan fingerprint density at radius 2 is 2.14 bits per heavy atom. The van der Waals surface area contributed by atoms with Gasteiger partial charge in [0, 0.05) is 23.7 Å². The molecule has 2 unspecified atom stereocenters. The molecule has 1 N–H and O–H groups in total. The molecular formula is C16H20N4OS. The summed E-state index contributed by atoms with van der Waals surface area (Å²) in [6, 6.07) is 2.34. The minimum absolute atomic E-state index is 0.0350. The topological polar surface area (TPSA) is 59.8 Å². The van der Waals surface area contributed by atoms with Crippen LogP contribution in [0, 0.1) is 0 Å². The second kappa shape index (κ2) is 5.83. The molecule has 0 spiro atoms. The van der Waals surface area contributed by atoms with Gasteiger partial charge in [-0.3, -0.25) is 9.48 Å². The number of carbonyl (C=O) groups is 1. The molecule has 2 fully saturated rings. The largest absolute Gasteiger partial charge is 0.346 e. The van der Waals surface area contributed by atoms with Crippen LogP contribution in [0.3, 0.4) is 0 Å². The Hall–Kier alpha value is -1.69. The van der Waals surface area contributed by atoms with Gasteiger partial charge in [-0.05, 0) is 31.7 Å². The van der Waals surface area contributed by atoms with Crippen LogP contribution in [0.2, 0.25) is 0 Å². The summed E-state index contributed by atoms with van der Waals surface area (Å²) in [4.78, 5) is 17.0. The van der Waals surface area contributed by atoms with E-state index in [9.17, 15) is 4.79 Å². The van der Waals surface area contributed by atoms with Crippen LogP contribution >= 0.6 is 11.3 Å². The molecule has 0 radical (unpaired) electrons. The van der Waals surface area contributed by atoms with Gasteiger partial charge in [0.05, 0.1) is 17.1 Å². The van der Waals surface area contributed by atoms with E-state index in [1.54, 1.807) is 17.5 Å². The highest BCUT2D eigenvalue weighted by Crippen LogP contribution is 2.41. The molecular weight excluding hydrogens is 296 g/mol. The molecule has 6 heteroatoms. The van der Waals surface area contributed by atoms with Gasteiger partial charge < -0.3 is 5.32 Å². The van der Waals surface area contributed by atoms with Crippen LogP contribution in [0.15, 0.2) is 23.8 Å². The number of nitrogens with one attached hydrogen (secondary N) is 1. The number of hydrogen-bond donors (Lipinski definition) is 1. The lowest BCUT2D eigenvalue weighted by Gasteiger charge is -2.32. The highest BCUT2D eigenvalue weighted by atomic mass is 32.1. The normalized spacial score (nSPS) is 25.1. The Labute approximate surface area is 133 Å². The number of aromatic nitrogens is 3. The molecule has 4 rings (SSSR count). The van der Waals surface area contributed by atoms with Gasteiger partial charge >= 0.3 is 0 Å². The van der Waals surface area contributed by atoms with E-state index >= 15 is 0 Å². The Kier molecular flexibility index (Phi) is 3.70. The lowest BCUT2D eigenvalue weighted by atomic mass is 9.90. The maximum absolute atomic E-state index is 12.5.